The van der Waals surface area contributed by atoms with Crippen LogP contribution in [0.4, 0.5) is 10.1 Å². The van der Waals surface area contributed by atoms with Crippen LogP contribution in [0.1, 0.15) is 15.9 Å². The second-order valence-corrected chi connectivity index (χ2v) is 5.05. The fraction of sp³-hybridized carbons (Fsp3) is 0.0714. The van der Waals surface area contributed by atoms with E-state index in [1.165, 1.54) is 24.3 Å². The molecule has 5 heteroatoms. The third-order valence-corrected chi connectivity index (χ3v) is 3.00. The summed E-state index contributed by atoms with van der Waals surface area (Å²) < 4.78 is 13.9. The number of halogens is 2. The molecule has 0 radical (unpaired) electrons. The first-order valence-corrected chi connectivity index (χ1v) is 6.32. The predicted octanol–water partition coefficient (Wildman–Crippen LogP) is 3.85. The maximum atomic E-state index is 13.2. The van der Waals surface area contributed by atoms with E-state index < -0.39 is 11.7 Å². The summed E-state index contributed by atoms with van der Waals surface area (Å²) in [6.07, 6.45) is 0. The minimum absolute atomic E-state index is 0.130. The Labute approximate surface area is 118 Å². The Hall–Kier alpha value is -1.88. The van der Waals surface area contributed by atoms with Crippen molar-refractivity contribution in [3.8, 4) is 5.75 Å². The third kappa shape index (κ3) is 3.32. The number of rotatable bonds is 2. The number of phenols is 1. The number of aromatic hydroxyl groups is 1. The number of anilines is 1. The fourth-order valence-electron chi connectivity index (χ4n) is 1.70. The van der Waals surface area contributed by atoms with Gasteiger partial charge in [0.2, 0.25) is 0 Å². The Morgan fingerprint density at radius 3 is 2.63 bits per heavy atom. The largest absolute Gasteiger partial charge is 0.507 e. The maximum absolute atomic E-state index is 13.2. The molecule has 19 heavy (non-hydrogen) atoms. The molecule has 0 saturated heterocycles. The molecule has 2 rings (SSSR count). The highest BCUT2D eigenvalue weighted by molar-refractivity contribution is 9.10. The molecule has 2 aromatic carbocycles. The molecule has 0 aliphatic carbocycles. The quantitative estimate of drug-likeness (QED) is 0.881. The van der Waals surface area contributed by atoms with Gasteiger partial charge in [-0.1, -0.05) is 15.9 Å². The molecule has 0 aliphatic rings. The molecule has 0 saturated carbocycles. The Kier molecular flexibility index (Phi) is 3.85. The van der Waals surface area contributed by atoms with Crippen molar-refractivity contribution in [3.05, 3.63) is 57.8 Å². The van der Waals surface area contributed by atoms with Crippen LogP contribution in [0.2, 0.25) is 0 Å². The molecule has 2 N–H and O–H groups in total. The van der Waals surface area contributed by atoms with Crippen LogP contribution < -0.4 is 5.32 Å². The summed E-state index contributed by atoms with van der Waals surface area (Å²) in [5.74, 6) is -1.05. The van der Waals surface area contributed by atoms with Gasteiger partial charge in [0, 0.05) is 10.2 Å². The molecule has 0 spiro atoms. The minimum atomic E-state index is -0.491. The van der Waals surface area contributed by atoms with Crippen molar-refractivity contribution in [2.75, 3.05) is 5.32 Å². The lowest BCUT2D eigenvalue weighted by atomic mass is 10.1. The van der Waals surface area contributed by atoms with Gasteiger partial charge in [0.1, 0.15) is 11.6 Å². The lowest BCUT2D eigenvalue weighted by Crippen LogP contribution is -2.12. The van der Waals surface area contributed by atoms with Crippen molar-refractivity contribution in [1.82, 2.24) is 0 Å². The predicted molar refractivity (Wildman–Crippen MR) is 74.9 cm³/mol. The molecule has 0 aliphatic heterocycles. The van der Waals surface area contributed by atoms with Crippen molar-refractivity contribution < 1.29 is 14.3 Å². The van der Waals surface area contributed by atoms with Gasteiger partial charge in [0.25, 0.3) is 5.91 Å². The van der Waals surface area contributed by atoms with Gasteiger partial charge in [-0.15, -0.1) is 0 Å². The number of aryl methyl sites for hydroxylation is 1. The topological polar surface area (TPSA) is 49.3 Å². The smallest absolute Gasteiger partial charge is 0.259 e. The minimum Gasteiger partial charge on any atom is -0.507 e. The molecule has 0 unspecified atom stereocenters. The van der Waals surface area contributed by atoms with E-state index in [9.17, 15) is 14.3 Å². The van der Waals surface area contributed by atoms with E-state index >= 15 is 0 Å². The standard InChI is InChI=1S/C14H11BrFNO2/c1-8-4-10(16)7-11(5-8)17-14(19)12-3-2-9(15)6-13(12)18/h2-7,18H,1H3,(H,17,19). The molecule has 0 bridgehead atoms. The van der Waals surface area contributed by atoms with Gasteiger partial charge < -0.3 is 10.4 Å². The summed E-state index contributed by atoms with van der Waals surface area (Å²) in [6.45, 7) is 1.73. The lowest BCUT2D eigenvalue weighted by Gasteiger charge is -2.08. The lowest BCUT2D eigenvalue weighted by molar-refractivity contribution is 0.102. The average molecular weight is 324 g/mol. The van der Waals surface area contributed by atoms with Gasteiger partial charge in [-0.25, -0.2) is 4.39 Å². The average Bonchev–Trinajstić information content (AvgIpc) is 2.26. The molecule has 98 valence electrons. The second kappa shape index (κ2) is 5.40. The van der Waals surface area contributed by atoms with Gasteiger partial charge in [0.05, 0.1) is 5.56 Å². The monoisotopic (exact) mass is 323 g/mol. The Balaban J connectivity index is 2.25. The number of benzene rings is 2. The molecule has 0 atom stereocenters. The van der Waals surface area contributed by atoms with Crippen LogP contribution in [0.3, 0.4) is 0 Å². The summed E-state index contributed by atoms with van der Waals surface area (Å²) in [4.78, 5) is 12.0. The number of carbonyl (C=O) groups excluding carboxylic acids is 1. The van der Waals surface area contributed by atoms with Gasteiger partial charge >= 0.3 is 0 Å². The van der Waals surface area contributed by atoms with Gasteiger partial charge in [-0.05, 0) is 48.9 Å². The summed E-state index contributed by atoms with van der Waals surface area (Å²) >= 11 is 3.19. The number of amides is 1. The zero-order valence-electron chi connectivity index (χ0n) is 10.1. The van der Waals surface area contributed by atoms with Crippen LogP contribution in [0.25, 0.3) is 0 Å². The normalized spacial score (nSPS) is 10.3. The molecular formula is C14H11BrFNO2. The van der Waals surface area contributed by atoms with Crippen molar-refractivity contribution in [2.45, 2.75) is 6.92 Å². The van der Waals surface area contributed by atoms with Gasteiger partial charge in [-0.2, -0.15) is 0 Å². The number of hydrogen-bond donors (Lipinski definition) is 2. The van der Waals surface area contributed by atoms with E-state index in [1.807, 2.05) is 0 Å². The van der Waals surface area contributed by atoms with E-state index in [4.69, 9.17) is 0 Å². The van der Waals surface area contributed by atoms with Crippen molar-refractivity contribution in [3.63, 3.8) is 0 Å². The highest BCUT2D eigenvalue weighted by Gasteiger charge is 2.12. The molecule has 1 amide bonds. The van der Waals surface area contributed by atoms with E-state index in [1.54, 1.807) is 19.1 Å². The van der Waals surface area contributed by atoms with Crippen molar-refractivity contribution in [1.29, 1.82) is 0 Å². The zero-order valence-corrected chi connectivity index (χ0v) is 11.7. The van der Waals surface area contributed by atoms with E-state index in [-0.39, 0.29) is 11.3 Å². The summed E-state index contributed by atoms with van der Waals surface area (Å²) in [5, 5.41) is 12.2. The molecule has 0 aromatic heterocycles. The van der Waals surface area contributed by atoms with Crippen LogP contribution in [0.15, 0.2) is 40.9 Å². The fourth-order valence-corrected chi connectivity index (χ4v) is 2.05. The third-order valence-electron chi connectivity index (χ3n) is 2.50. The number of carbonyl (C=O) groups is 1. The Morgan fingerprint density at radius 1 is 1.26 bits per heavy atom. The Morgan fingerprint density at radius 2 is 2.00 bits per heavy atom. The van der Waals surface area contributed by atoms with Crippen LogP contribution in [0, 0.1) is 12.7 Å². The van der Waals surface area contributed by atoms with Gasteiger partial charge in [-0.3, -0.25) is 4.79 Å². The van der Waals surface area contributed by atoms with Crippen molar-refractivity contribution >= 4 is 27.5 Å². The van der Waals surface area contributed by atoms with E-state index in [0.717, 1.165) is 0 Å². The summed E-state index contributed by atoms with van der Waals surface area (Å²) in [6, 6.07) is 8.79. The molecule has 0 fully saturated rings. The number of nitrogens with one attached hydrogen (secondary N) is 1. The zero-order chi connectivity index (χ0) is 14.0. The van der Waals surface area contributed by atoms with Crippen LogP contribution in [-0.2, 0) is 0 Å². The van der Waals surface area contributed by atoms with Crippen LogP contribution in [-0.4, -0.2) is 11.0 Å². The van der Waals surface area contributed by atoms with E-state index in [0.29, 0.717) is 15.7 Å². The van der Waals surface area contributed by atoms with Gasteiger partial charge in [0.15, 0.2) is 0 Å². The van der Waals surface area contributed by atoms with Crippen molar-refractivity contribution in [2.24, 2.45) is 0 Å². The summed E-state index contributed by atoms with van der Waals surface area (Å²) in [5.41, 5.74) is 1.19. The first-order chi connectivity index (χ1) is 8.95. The highest BCUT2D eigenvalue weighted by Crippen LogP contribution is 2.23. The van der Waals surface area contributed by atoms with Crippen LogP contribution in [0.5, 0.6) is 5.75 Å². The summed E-state index contributed by atoms with van der Waals surface area (Å²) in [7, 11) is 0. The van der Waals surface area contributed by atoms with Crippen LogP contribution >= 0.6 is 15.9 Å². The Bertz CT molecular complexity index is 623. The second-order valence-electron chi connectivity index (χ2n) is 4.13. The molecule has 0 heterocycles. The maximum Gasteiger partial charge on any atom is 0.259 e. The van der Waals surface area contributed by atoms with E-state index in [2.05, 4.69) is 21.2 Å². The first-order valence-electron chi connectivity index (χ1n) is 5.53. The highest BCUT2D eigenvalue weighted by atomic mass is 79.9. The number of hydrogen-bond acceptors (Lipinski definition) is 2. The molecular weight excluding hydrogens is 313 g/mol. The number of phenolic OH excluding ortho intramolecular Hbond substituents is 1. The SMILES string of the molecule is Cc1cc(F)cc(NC(=O)c2ccc(Br)cc2O)c1. The molecule has 2 aromatic rings. The molecule has 3 nitrogen and oxygen atoms in total. The first kappa shape index (κ1) is 13.5.